The first-order chi connectivity index (χ1) is 5.84. The Morgan fingerprint density at radius 3 is 2.58 bits per heavy atom. The second-order valence-electron chi connectivity index (χ2n) is 3.92. The van der Waals surface area contributed by atoms with E-state index in [4.69, 9.17) is 0 Å². The number of nitrogens with one attached hydrogen (secondary N) is 2. The van der Waals surface area contributed by atoms with Crippen LogP contribution in [-0.4, -0.2) is 25.0 Å². The van der Waals surface area contributed by atoms with Gasteiger partial charge >= 0.3 is 0 Å². The lowest BCUT2D eigenvalue weighted by Gasteiger charge is -2.03. The van der Waals surface area contributed by atoms with Crippen molar-refractivity contribution in [1.82, 2.24) is 10.6 Å². The summed E-state index contributed by atoms with van der Waals surface area (Å²) in [5, 5.41) is 6.11. The maximum absolute atomic E-state index is 11.1. The Morgan fingerprint density at radius 2 is 2.00 bits per heavy atom. The van der Waals surface area contributed by atoms with Crippen molar-refractivity contribution in [3.8, 4) is 0 Å². The van der Waals surface area contributed by atoms with E-state index in [-0.39, 0.29) is 5.91 Å². The molecular weight excluding hydrogens is 152 g/mol. The van der Waals surface area contributed by atoms with Crippen LogP contribution in [0.25, 0.3) is 0 Å². The summed E-state index contributed by atoms with van der Waals surface area (Å²) >= 11 is 0. The van der Waals surface area contributed by atoms with E-state index in [1.54, 1.807) is 0 Å². The normalized spacial score (nSPS) is 22.3. The Labute approximate surface area is 72.9 Å². The van der Waals surface area contributed by atoms with E-state index in [1.165, 1.54) is 25.7 Å². The number of carbonyl (C=O) groups is 1. The number of carbonyl (C=O) groups excluding carboxylic acids is 1. The third-order valence-corrected chi connectivity index (χ3v) is 2.36. The average molecular weight is 168 g/mol. The number of hydrogen-bond donors (Lipinski definition) is 2. The summed E-state index contributed by atoms with van der Waals surface area (Å²) < 4.78 is 0. The molecule has 3 nitrogen and oxygen atoms in total. The van der Waals surface area contributed by atoms with Crippen molar-refractivity contribution >= 4 is 5.91 Å². The largest absolute Gasteiger partial charge is 0.352 e. The van der Waals surface area contributed by atoms with Crippen molar-refractivity contribution in [3.63, 3.8) is 0 Å². The SMILES string of the molecule is O=C(CNCC1CC1)NC1CC1. The average Bonchev–Trinajstić information content (AvgIpc) is 2.77. The zero-order valence-electron chi connectivity index (χ0n) is 7.31. The summed E-state index contributed by atoms with van der Waals surface area (Å²) in [6, 6.07) is 0.500. The van der Waals surface area contributed by atoms with Gasteiger partial charge in [-0.05, 0) is 38.1 Å². The molecule has 0 aromatic carbocycles. The summed E-state index contributed by atoms with van der Waals surface area (Å²) in [6.45, 7) is 1.53. The monoisotopic (exact) mass is 168 g/mol. The Hall–Kier alpha value is -0.570. The second-order valence-corrected chi connectivity index (χ2v) is 3.92. The van der Waals surface area contributed by atoms with Crippen molar-refractivity contribution in [3.05, 3.63) is 0 Å². The van der Waals surface area contributed by atoms with E-state index in [0.29, 0.717) is 12.6 Å². The maximum atomic E-state index is 11.1. The van der Waals surface area contributed by atoms with Crippen molar-refractivity contribution < 1.29 is 4.79 Å². The minimum absolute atomic E-state index is 0.165. The fraction of sp³-hybridized carbons (Fsp3) is 0.889. The van der Waals surface area contributed by atoms with Gasteiger partial charge in [0, 0.05) is 6.04 Å². The van der Waals surface area contributed by atoms with Crippen molar-refractivity contribution in [1.29, 1.82) is 0 Å². The van der Waals surface area contributed by atoms with Crippen molar-refractivity contribution in [2.24, 2.45) is 5.92 Å². The quantitative estimate of drug-likeness (QED) is 0.618. The van der Waals surface area contributed by atoms with E-state index in [0.717, 1.165) is 12.5 Å². The zero-order chi connectivity index (χ0) is 8.39. The molecule has 0 bridgehead atoms. The van der Waals surface area contributed by atoms with Gasteiger partial charge < -0.3 is 10.6 Å². The highest BCUT2D eigenvalue weighted by Crippen LogP contribution is 2.27. The van der Waals surface area contributed by atoms with Crippen LogP contribution in [0.15, 0.2) is 0 Å². The lowest BCUT2D eigenvalue weighted by Crippen LogP contribution is -2.35. The van der Waals surface area contributed by atoms with Crippen LogP contribution < -0.4 is 10.6 Å². The molecule has 0 heterocycles. The minimum atomic E-state index is 0.165. The van der Waals surface area contributed by atoms with Crippen molar-refractivity contribution in [2.45, 2.75) is 31.7 Å². The number of hydrogen-bond acceptors (Lipinski definition) is 2. The molecule has 0 aromatic rings. The molecule has 12 heavy (non-hydrogen) atoms. The van der Waals surface area contributed by atoms with Gasteiger partial charge in [-0.25, -0.2) is 0 Å². The Morgan fingerprint density at radius 1 is 1.25 bits per heavy atom. The molecule has 0 aromatic heterocycles. The summed E-state index contributed by atoms with van der Waals surface area (Å²) in [5.41, 5.74) is 0. The van der Waals surface area contributed by atoms with Crippen LogP contribution in [0.5, 0.6) is 0 Å². The van der Waals surface area contributed by atoms with Gasteiger partial charge in [0.25, 0.3) is 0 Å². The van der Waals surface area contributed by atoms with E-state index in [2.05, 4.69) is 10.6 Å². The van der Waals surface area contributed by atoms with Gasteiger partial charge in [-0.15, -0.1) is 0 Å². The molecule has 2 fully saturated rings. The van der Waals surface area contributed by atoms with Gasteiger partial charge in [-0.1, -0.05) is 0 Å². The summed E-state index contributed by atoms with van der Waals surface area (Å²) in [5.74, 6) is 1.02. The molecule has 0 spiro atoms. The third kappa shape index (κ3) is 2.81. The summed E-state index contributed by atoms with van der Waals surface area (Å²) in [4.78, 5) is 11.1. The molecule has 2 aliphatic rings. The zero-order valence-corrected chi connectivity index (χ0v) is 7.31. The van der Waals surface area contributed by atoms with Crippen LogP contribution in [0.2, 0.25) is 0 Å². The number of amides is 1. The highest BCUT2D eigenvalue weighted by atomic mass is 16.2. The summed E-state index contributed by atoms with van der Waals surface area (Å²) in [7, 11) is 0. The second kappa shape index (κ2) is 3.44. The molecule has 2 saturated carbocycles. The van der Waals surface area contributed by atoms with Gasteiger partial charge in [0.1, 0.15) is 0 Å². The van der Waals surface area contributed by atoms with Crippen LogP contribution in [0, 0.1) is 5.92 Å². The van der Waals surface area contributed by atoms with Gasteiger partial charge in [0.05, 0.1) is 6.54 Å². The topological polar surface area (TPSA) is 41.1 Å². The molecule has 1 amide bonds. The van der Waals surface area contributed by atoms with E-state index in [9.17, 15) is 4.79 Å². The highest BCUT2D eigenvalue weighted by molar-refractivity contribution is 5.78. The first kappa shape index (κ1) is 8.05. The van der Waals surface area contributed by atoms with Gasteiger partial charge in [-0.2, -0.15) is 0 Å². The molecule has 0 saturated heterocycles. The first-order valence-corrected chi connectivity index (χ1v) is 4.84. The molecular formula is C9H16N2O. The molecule has 2 rings (SSSR count). The fourth-order valence-corrected chi connectivity index (χ4v) is 1.22. The predicted molar refractivity (Wildman–Crippen MR) is 46.8 cm³/mol. The molecule has 0 atom stereocenters. The number of rotatable bonds is 5. The van der Waals surface area contributed by atoms with Crippen molar-refractivity contribution in [2.75, 3.05) is 13.1 Å². The lowest BCUT2D eigenvalue weighted by atomic mass is 10.4. The fourth-order valence-electron chi connectivity index (χ4n) is 1.22. The van der Waals surface area contributed by atoms with Crippen LogP contribution in [0.3, 0.4) is 0 Å². The minimum Gasteiger partial charge on any atom is -0.352 e. The molecule has 2 aliphatic carbocycles. The molecule has 0 radical (unpaired) electrons. The van der Waals surface area contributed by atoms with Crippen LogP contribution >= 0.6 is 0 Å². The van der Waals surface area contributed by atoms with Gasteiger partial charge in [0.2, 0.25) is 5.91 Å². The Balaban J connectivity index is 1.49. The summed E-state index contributed by atoms with van der Waals surface area (Å²) in [6.07, 6.45) is 5.04. The van der Waals surface area contributed by atoms with Crippen LogP contribution in [-0.2, 0) is 4.79 Å². The smallest absolute Gasteiger partial charge is 0.234 e. The van der Waals surface area contributed by atoms with Crippen LogP contribution in [0.1, 0.15) is 25.7 Å². The van der Waals surface area contributed by atoms with Gasteiger partial charge in [-0.3, -0.25) is 4.79 Å². The molecule has 0 aliphatic heterocycles. The van der Waals surface area contributed by atoms with Crippen LogP contribution in [0.4, 0.5) is 0 Å². The van der Waals surface area contributed by atoms with Gasteiger partial charge in [0.15, 0.2) is 0 Å². The first-order valence-electron chi connectivity index (χ1n) is 4.84. The third-order valence-electron chi connectivity index (χ3n) is 2.36. The lowest BCUT2D eigenvalue weighted by molar-refractivity contribution is -0.120. The van der Waals surface area contributed by atoms with E-state index >= 15 is 0 Å². The Kier molecular flexibility index (Phi) is 2.30. The highest BCUT2D eigenvalue weighted by Gasteiger charge is 2.24. The Bertz CT molecular complexity index is 173. The standard InChI is InChI=1S/C9H16N2O/c12-9(11-8-3-4-8)6-10-5-7-1-2-7/h7-8,10H,1-6H2,(H,11,12). The molecule has 0 unspecified atom stereocenters. The predicted octanol–water partition coefficient (Wildman–Crippen LogP) is 0.265. The van der Waals surface area contributed by atoms with E-state index < -0.39 is 0 Å². The molecule has 68 valence electrons. The maximum Gasteiger partial charge on any atom is 0.234 e. The molecule has 3 heteroatoms. The molecule has 2 N–H and O–H groups in total. The van der Waals surface area contributed by atoms with E-state index in [1.807, 2.05) is 0 Å².